The van der Waals surface area contributed by atoms with Gasteiger partial charge in [-0.2, -0.15) is 0 Å². The van der Waals surface area contributed by atoms with Crippen LogP contribution in [-0.4, -0.2) is 42.8 Å². The lowest BCUT2D eigenvalue weighted by molar-refractivity contribution is -0.133. The minimum Gasteiger partial charge on any atom is -0.340 e. The molecule has 1 heterocycles. The Balaban J connectivity index is 1.56. The molecule has 0 atom stereocenters. The molecule has 0 saturated carbocycles. The number of thioether (sulfide) groups is 1. The third-order valence-corrected chi connectivity index (χ3v) is 7.80. The smallest absolute Gasteiger partial charge is 0.227 e. The zero-order valence-electron chi connectivity index (χ0n) is 15.3. The summed E-state index contributed by atoms with van der Waals surface area (Å²) in [7, 11) is -3.43. The van der Waals surface area contributed by atoms with E-state index >= 15 is 0 Å². The summed E-state index contributed by atoms with van der Waals surface area (Å²) in [6.07, 6.45) is 0.292. The Morgan fingerprint density at radius 3 is 2.26 bits per heavy atom. The van der Waals surface area contributed by atoms with Gasteiger partial charge in [0, 0.05) is 28.3 Å². The number of carbonyl (C=O) groups excluding carboxylic acids is 1. The van der Waals surface area contributed by atoms with E-state index in [0.717, 1.165) is 5.56 Å². The van der Waals surface area contributed by atoms with Gasteiger partial charge in [0.2, 0.25) is 5.91 Å². The fraction of sp³-hybridized carbons (Fsp3) is 0.350. The first-order valence-corrected chi connectivity index (χ1v) is 11.6. The average molecular weight is 424 g/mol. The highest BCUT2D eigenvalue weighted by atomic mass is 35.5. The lowest BCUT2D eigenvalue weighted by Gasteiger charge is -2.38. The molecule has 144 valence electrons. The molecule has 1 saturated heterocycles. The second-order valence-electron chi connectivity index (χ2n) is 6.91. The molecule has 0 bridgehead atoms. The molecule has 2 aromatic rings. The highest BCUT2D eigenvalue weighted by Gasteiger charge is 2.40. The summed E-state index contributed by atoms with van der Waals surface area (Å²) in [6.45, 7) is 4.76. The predicted molar refractivity (Wildman–Crippen MR) is 110 cm³/mol. The summed E-state index contributed by atoms with van der Waals surface area (Å²) < 4.78 is 25.2. The molecule has 7 heteroatoms. The first-order valence-electron chi connectivity index (χ1n) is 8.78. The molecule has 1 aliphatic heterocycles. The van der Waals surface area contributed by atoms with Crippen LogP contribution in [0.3, 0.4) is 0 Å². The monoisotopic (exact) mass is 423 g/mol. The van der Waals surface area contributed by atoms with E-state index in [1.807, 2.05) is 24.3 Å². The van der Waals surface area contributed by atoms with Crippen LogP contribution < -0.4 is 0 Å². The van der Waals surface area contributed by atoms with Gasteiger partial charge >= 0.3 is 0 Å². The lowest BCUT2D eigenvalue weighted by Crippen LogP contribution is -2.57. The van der Waals surface area contributed by atoms with E-state index in [-0.39, 0.29) is 23.9 Å². The molecule has 4 nitrogen and oxygen atoms in total. The summed E-state index contributed by atoms with van der Waals surface area (Å²) in [4.78, 5) is 15.5. The fourth-order valence-electron chi connectivity index (χ4n) is 2.90. The van der Waals surface area contributed by atoms with Crippen LogP contribution >= 0.6 is 23.4 Å². The van der Waals surface area contributed by atoms with Gasteiger partial charge < -0.3 is 4.90 Å². The Morgan fingerprint density at radius 2 is 1.70 bits per heavy atom. The average Bonchev–Trinajstić information content (AvgIpc) is 2.55. The van der Waals surface area contributed by atoms with Gasteiger partial charge in [-0.15, -0.1) is 11.8 Å². The molecule has 2 aromatic carbocycles. The molecule has 0 radical (unpaired) electrons. The molecule has 1 amide bonds. The topological polar surface area (TPSA) is 54.5 Å². The Morgan fingerprint density at radius 1 is 1.11 bits per heavy atom. The number of halogens is 1. The molecule has 0 N–H and O–H groups in total. The summed E-state index contributed by atoms with van der Waals surface area (Å²) in [5, 5.41) is 0.461. The molecular formula is C20H22ClNO3S2. The van der Waals surface area contributed by atoms with E-state index in [9.17, 15) is 13.2 Å². The molecular weight excluding hydrogens is 402 g/mol. The highest BCUT2D eigenvalue weighted by Crippen LogP contribution is 2.26. The first-order chi connectivity index (χ1) is 12.8. The quantitative estimate of drug-likeness (QED) is 0.657. The van der Waals surface area contributed by atoms with Crippen LogP contribution in [0.4, 0.5) is 0 Å². The highest BCUT2D eigenvalue weighted by molar-refractivity contribution is 7.99. The van der Waals surface area contributed by atoms with Gasteiger partial charge in [0.05, 0.1) is 11.3 Å². The molecule has 0 aliphatic carbocycles. The van der Waals surface area contributed by atoms with Crippen molar-refractivity contribution >= 4 is 39.1 Å². The minimum absolute atomic E-state index is 0.0400. The summed E-state index contributed by atoms with van der Waals surface area (Å²) >= 11 is 7.60. The van der Waals surface area contributed by atoms with Crippen LogP contribution in [0.25, 0.3) is 0 Å². The number of sulfone groups is 1. The Kier molecular flexibility index (Phi) is 6.18. The molecule has 0 unspecified atom stereocenters. The standard InChI is InChI=1S/C20H22ClNO3S2/c1-14(2)26-17-7-3-15(4-8-17)11-20(23)22-12-19(13-22)27(24,25)18-9-5-16(21)6-10-18/h3-10,14,19H,11-13H2,1-2H3. The second-order valence-corrected chi connectivity index (χ2v) is 11.2. The van der Waals surface area contributed by atoms with Crippen LogP contribution in [0.5, 0.6) is 0 Å². The number of rotatable bonds is 6. The predicted octanol–water partition coefficient (Wildman–Crippen LogP) is 4.07. The molecule has 0 spiro atoms. The van der Waals surface area contributed by atoms with Crippen molar-refractivity contribution in [3.63, 3.8) is 0 Å². The number of carbonyl (C=O) groups is 1. The molecule has 27 heavy (non-hydrogen) atoms. The normalized spacial score (nSPS) is 15.0. The lowest BCUT2D eigenvalue weighted by atomic mass is 10.1. The molecule has 0 aromatic heterocycles. The fourth-order valence-corrected chi connectivity index (χ4v) is 5.52. The third-order valence-electron chi connectivity index (χ3n) is 4.43. The van der Waals surface area contributed by atoms with Gasteiger partial charge in [-0.1, -0.05) is 37.6 Å². The van der Waals surface area contributed by atoms with Crippen LogP contribution in [0.15, 0.2) is 58.3 Å². The maximum Gasteiger partial charge on any atom is 0.227 e. The number of hydrogen-bond acceptors (Lipinski definition) is 4. The van der Waals surface area contributed by atoms with Crippen LogP contribution in [-0.2, 0) is 21.1 Å². The third kappa shape index (κ3) is 4.86. The molecule has 1 fully saturated rings. The van der Waals surface area contributed by atoms with Gasteiger partial charge in [-0.25, -0.2) is 8.42 Å². The van der Waals surface area contributed by atoms with E-state index in [0.29, 0.717) is 16.7 Å². The van der Waals surface area contributed by atoms with Crippen LogP contribution in [0.2, 0.25) is 5.02 Å². The van der Waals surface area contributed by atoms with E-state index < -0.39 is 15.1 Å². The van der Waals surface area contributed by atoms with Crippen molar-refractivity contribution in [3.05, 3.63) is 59.1 Å². The maximum atomic E-state index is 12.6. The van der Waals surface area contributed by atoms with Crippen molar-refractivity contribution in [1.82, 2.24) is 4.90 Å². The van der Waals surface area contributed by atoms with Gasteiger partial charge in [-0.05, 0) is 42.0 Å². The first kappa shape index (κ1) is 20.2. The van der Waals surface area contributed by atoms with Crippen molar-refractivity contribution in [1.29, 1.82) is 0 Å². The van der Waals surface area contributed by atoms with Crippen molar-refractivity contribution < 1.29 is 13.2 Å². The zero-order valence-corrected chi connectivity index (χ0v) is 17.7. The molecule has 1 aliphatic rings. The van der Waals surface area contributed by atoms with E-state index in [4.69, 9.17) is 11.6 Å². The SMILES string of the molecule is CC(C)Sc1ccc(CC(=O)N2CC(S(=O)(=O)c3ccc(Cl)cc3)C2)cc1. The summed E-state index contributed by atoms with van der Waals surface area (Å²) in [6, 6.07) is 14.1. The Bertz CT molecular complexity index is 903. The largest absolute Gasteiger partial charge is 0.340 e. The number of benzene rings is 2. The minimum atomic E-state index is -3.43. The maximum absolute atomic E-state index is 12.6. The van der Waals surface area contributed by atoms with Crippen molar-refractivity contribution in [3.8, 4) is 0 Å². The van der Waals surface area contributed by atoms with Gasteiger partial charge in [0.15, 0.2) is 9.84 Å². The number of amides is 1. The van der Waals surface area contributed by atoms with Crippen molar-refractivity contribution in [2.24, 2.45) is 0 Å². The van der Waals surface area contributed by atoms with E-state index in [1.165, 1.54) is 17.0 Å². The second kappa shape index (κ2) is 8.25. The molecule has 3 rings (SSSR count). The summed E-state index contributed by atoms with van der Waals surface area (Å²) in [5.74, 6) is -0.0400. The number of hydrogen-bond donors (Lipinski definition) is 0. The Hall–Kier alpha value is -1.50. The van der Waals surface area contributed by atoms with Crippen molar-refractivity contribution in [2.45, 2.75) is 40.6 Å². The van der Waals surface area contributed by atoms with E-state index in [1.54, 1.807) is 28.8 Å². The van der Waals surface area contributed by atoms with Crippen LogP contribution in [0, 0.1) is 0 Å². The van der Waals surface area contributed by atoms with Gasteiger partial charge in [-0.3, -0.25) is 4.79 Å². The Labute approximate surface area is 169 Å². The summed E-state index contributed by atoms with van der Waals surface area (Å²) in [5.41, 5.74) is 0.942. The van der Waals surface area contributed by atoms with Crippen molar-refractivity contribution in [2.75, 3.05) is 13.1 Å². The van der Waals surface area contributed by atoms with Crippen LogP contribution in [0.1, 0.15) is 19.4 Å². The number of nitrogens with zero attached hydrogens (tertiary/aromatic N) is 1. The zero-order chi connectivity index (χ0) is 19.6. The van der Waals surface area contributed by atoms with E-state index in [2.05, 4.69) is 13.8 Å². The number of likely N-dealkylation sites (tertiary alicyclic amines) is 1. The van der Waals surface area contributed by atoms with Gasteiger partial charge in [0.25, 0.3) is 0 Å². The van der Waals surface area contributed by atoms with Gasteiger partial charge in [0.1, 0.15) is 5.25 Å².